The Labute approximate surface area is 141 Å². The Bertz CT molecular complexity index is 514. The molecule has 0 bridgehead atoms. The summed E-state index contributed by atoms with van der Waals surface area (Å²) in [6.45, 7) is 1.99. The van der Waals surface area contributed by atoms with Gasteiger partial charge < -0.3 is 4.74 Å². The zero-order chi connectivity index (χ0) is 16.5. The zero-order valence-corrected chi connectivity index (χ0v) is 13.8. The van der Waals surface area contributed by atoms with Gasteiger partial charge >= 0.3 is 0 Å². The Morgan fingerprint density at radius 3 is 2.26 bits per heavy atom. The Morgan fingerprint density at radius 1 is 1.00 bits per heavy atom. The topological polar surface area (TPSA) is 70.7 Å². The summed E-state index contributed by atoms with van der Waals surface area (Å²) in [6, 6.07) is 6.70. The van der Waals surface area contributed by atoms with Gasteiger partial charge in [0.1, 0.15) is 5.75 Å². The van der Waals surface area contributed by atoms with Crippen molar-refractivity contribution >= 4 is 23.4 Å². The lowest BCUT2D eigenvalue weighted by atomic mass is 10.2. The number of carbonyl (C=O) groups excluding carboxylic acids is 2. The molecule has 0 spiro atoms. The molecular weight excluding hydrogens is 318 g/mol. The summed E-state index contributed by atoms with van der Waals surface area (Å²) in [5.41, 5.74) is 4.77. The van der Waals surface area contributed by atoms with Crippen LogP contribution >= 0.6 is 11.6 Å². The Kier molecular flexibility index (Phi) is 7.16. The van der Waals surface area contributed by atoms with Gasteiger partial charge in [-0.1, -0.05) is 24.4 Å². The van der Waals surface area contributed by atoms with Gasteiger partial charge in [-0.25, -0.2) is 0 Å². The van der Waals surface area contributed by atoms with Crippen LogP contribution in [0.5, 0.6) is 5.75 Å². The van der Waals surface area contributed by atoms with Crippen molar-refractivity contribution in [3.05, 3.63) is 29.3 Å². The molecule has 2 rings (SSSR count). The summed E-state index contributed by atoms with van der Waals surface area (Å²) >= 11 is 5.76. The van der Waals surface area contributed by atoms with Crippen LogP contribution in [0.1, 0.15) is 25.7 Å². The fourth-order valence-corrected chi connectivity index (χ4v) is 2.52. The third-order valence-corrected chi connectivity index (χ3v) is 3.84. The van der Waals surface area contributed by atoms with Gasteiger partial charge in [-0.05, 0) is 50.2 Å². The number of carbonyl (C=O) groups is 2. The molecular formula is C16H22ClN3O3. The van der Waals surface area contributed by atoms with Crippen LogP contribution in [0, 0.1) is 0 Å². The smallest absolute Gasteiger partial charge is 0.276 e. The monoisotopic (exact) mass is 339 g/mol. The molecule has 0 unspecified atom stereocenters. The molecule has 0 radical (unpaired) electrons. The SMILES string of the molecule is O=C(COc1ccc(Cl)cc1)NNC(=O)CN1CCCCCC1. The molecule has 1 heterocycles. The quantitative estimate of drug-likeness (QED) is 0.802. The van der Waals surface area contributed by atoms with Crippen LogP contribution in [0.25, 0.3) is 0 Å². The summed E-state index contributed by atoms with van der Waals surface area (Å²) in [5.74, 6) is -0.0867. The van der Waals surface area contributed by atoms with Crippen molar-refractivity contribution in [1.82, 2.24) is 15.8 Å². The van der Waals surface area contributed by atoms with E-state index in [9.17, 15) is 9.59 Å². The number of hydrogen-bond donors (Lipinski definition) is 2. The second kappa shape index (κ2) is 9.37. The first-order valence-corrected chi connectivity index (χ1v) is 8.20. The average molecular weight is 340 g/mol. The lowest BCUT2D eigenvalue weighted by Gasteiger charge is -2.19. The molecule has 0 aromatic heterocycles. The van der Waals surface area contributed by atoms with Crippen LogP contribution in [0.2, 0.25) is 5.02 Å². The van der Waals surface area contributed by atoms with E-state index in [0.29, 0.717) is 17.3 Å². The highest BCUT2D eigenvalue weighted by Crippen LogP contribution is 2.15. The van der Waals surface area contributed by atoms with Gasteiger partial charge in [0.15, 0.2) is 6.61 Å². The fourth-order valence-electron chi connectivity index (χ4n) is 2.39. The van der Waals surface area contributed by atoms with Crippen molar-refractivity contribution in [3.63, 3.8) is 0 Å². The predicted octanol–water partition coefficient (Wildman–Crippen LogP) is 1.74. The van der Waals surface area contributed by atoms with Crippen molar-refractivity contribution in [2.75, 3.05) is 26.2 Å². The summed E-state index contributed by atoms with van der Waals surface area (Å²) < 4.78 is 5.29. The van der Waals surface area contributed by atoms with E-state index in [4.69, 9.17) is 16.3 Å². The summed E-state index contributed by atoms with van der Waals surface area (Å²) in [4.78, 5) is 25.6. The highest BCUT2D eigenvalue weighted by molar-refractivity contribution is 6.30. The second-order valence-corrected chi connectivity index (χ2v) is 5.97. The molecule has 1 aliphatic heterocycles. The number of amides is 2. The van der Waals surface area contributed by atoms with Gasteiger partial charge in [0.25, 0.3) is 11.8 Å². The molecule has 6 nitrogen and oxygen atoms in total. The van der Waals surface area contributed by atoms with Crippen LogP contribution in [-0.4, -0.2) is 43.0 Å². The largest absolute Gasteiger partial charge is 0.484 e. The van der Waals surface area contributed by atoms with Crippen molar-refractivity contribution < 1.29 is 14.3 Å². The lowest BCUT2D eigenvalue weighted by molar-refractivity contribution is -0.130. The van der Waals surface area contributed by atoms with Crippen LogP contribution in [0.4, 0.5) is 0 Å². The van der Waals surface area contributed by atoms with Gasteiger partial charge in [0.2, 0.25) is 0 Å². The molecule has 2 amide bonds. The van der Waals surface area contributed by atoms with Crippen LogP contribution < -0.4 is 15.6 Å². The molecule has 1 fully saturated rings. The second-order valence-electron chi connectivity index (χ2n) is 5.53. The van der Waals surface area contributed by atoms with Gasteiger partial charge in [-0.2, -0.15) is 0 Å². The van der Waals surface area contributed by atoms with E-state index in [0.717, 1.165) is 25.9 Å². The number of nitrogens with zero attached hydrogens (tertiary/aromatic N) is 1. The minimum atomic E-state index is -0.413. The van der Waals surface area contributed by atoms with Gasteiger partial charge in [0, 0.05) is 5.02 Å². The summed E-state index contributed by atoms with van der Waals surface area (Å²) in [6.07, 6.45) is 4.68. The number of nitrogens with one attached hydrogen (secondary N) is 2. The van der Waals surface area contributed by atoms with E-state index in [2.05, 4.69) is 15.8 Å². The molecule has 0 aliphatic carbocycles. The minimum Gasteiger partial charge on any atom is -0.484 e. The highest BCUT2D eigenvalue weighted by Gasteiger charge is 2.13. The summed E-state index contributed by atoms with van der Waals surface area (Å²) in [5, 5.41) is 0.600. The predicted molar refractivity (Wildman–Crippen MR) is 88.1 cm³/mol. The lowest BCUT2D eigenvalue weighted by Crippen LogP contribution is -2.48. The minimum absolute atomic E-state index is 0.175. The molecule has 23 heavy (non-hydrogen) atoms. The Balaban J connectivity index is 1.63. The zero-order valence-electron chi connectivity index (χ0n) is 13.0. The maximum absolute atomic E-state index is 11.8. The van der Waals surface area contributed by atoms with E-state index < -0.39 is 5.91 Å². The number of rotatable bonds is 5. The molecule has 1 aromatic rings. The molecule has 1 aromatic carbocycles. The maximum Gasteiger partial charge on any atom is 0.276 e. The molecule has 1 aliphatic rings. The van der Waals surface area contributed by atoms with Gasteiger partial charge in [-0.3, -0.25) is 25.3 Å². The standard InChI is InChI=1S/C16H22ClN3O3/c17-13-5-7-14(8-6-13)23-12-16(22)19-18-15(21)11-20-9-3-1-2-4-10-20/h5-8H,1-4,9-12H2,(H,18,21)(H,19,22). The van der Waals surface area contributed by atoms with Crippen molar-refractivity contribution in [1.29, 1.82) is 0 Å². The molecule has 0 saturated carbocycles. The van der Waals surface area contributed by atoms with Crippen LogP contribution in [-0.2, 0) is 9.59 Å². The number of hydrogen-bond acceptors (Lipinski definition) is 4. The van der Waals surface area contributed by atoms with E-state index in [-0.39, 0.29) is 12.5 Å². The molecule has 1 saturated heterocycles. The average Bonchev–Trinajstić information content (AvgIpc) is 2.81. The first-order valence-electron chi connectivity index (χ1n) is 7.82. The Morgan fingerprint density at radius 2 is 1.61 bits per heavy atom. The van der Waals surface area contributed by atoms with E-state index in [1.165, 1.54) is 12.8 Å². The first kappa shape index (κ1) is 17.6. The number of hydrazine groups is 1. The fraction of sp³-hybridized carbons (Fsp3) is 0.500. The molecule has 0 atom stereocenters. The number of benzene rings is 1. The van der Waals surface area contributed by atoms with Crippen LogP contribution in [0.3, 0.4) is 0 Å². The van der Waals surface area contributed by atoms with Gasteiger partial charge in [0.05, 0.1) is 6.54 Å². The van der Waals surface area contributed by atoms with E-state index in [1.807, 2.05) is 0 Å². The van der Waals surface area contributed by atoms with Crippen LogP contribution in [0.15, 0.2) is 24.3 Å². The number of halogens is 1. The van der Waals surface area contributed by atoms with Crippen molar-refractivity contribution in [2.24, 2.45) is 0 Å². The highest BCUT2D eigenvalue weighted by atomic mass is 35.5. The van der Waals surface area contributed by atoms with Crippen molar-refractivity contribution in [2.45, 2.75) is 25.7 Å². The molecule has 126 valence electrons. The third kappa shape index (κ3) is 6.88. The van der Waals surface area contributed by atoms with E-state index >= 15 is 0 Å². The maximum atomic E-state index is 11.8. The van der Waals surface area contributed by atoms with Crippen molar-refractivity contribution in [3.8, 4) is 5.75 Å². The van der Waals surface area contributed by atoms with Gasteiger partial charge in [-0.15, -0.1) is 0 Å². The number of ether oxygens (including phenoxy) is 1. The van der Waals surface area contributed by atoms with E-state index in [1.54, 1.807) is 24.3 Å². The number of likely N-dealkylation sites (tertiary alicyclic amines) is 1. The normalized spacial score (nSPS) is 15.5. The molecule has 7 heteroatoms. The summed E-state index contributed by atoms with van der Waals surface area (Å²) in [7, 11) is 0. The third-order valence-electron chi connectivity index (χ3n) is 3.59. The first-order chi connectivity index (χ1) is 11.1. The molecule has 2 N–H and O–H groups in total. The Hall–Kier alpha value is -1.79.